The first kappa shape index (κ1) is 9.92. The predicted octanol–water partition coefficient (Wildman–Crippen LogP) is 1.27. The maximum absolute atomic E-state index is 9.32. The topological polar surface area (TPSA) is 46.2 Å². The van der Waals surface area contributed by atoms with Crippen LogP contribution in [0.5, 0.6) is 0 Å². The van der Waals surface area contributed by atoms with Crippen molar-refractivity contribution >= 4 is 0 Å². The second kappa shape index (κ2) is 5.69. The summed E-state index contributed by atoms with van der Waals surface area (Å²) in [5.74, 6) is 0. The summed E-state index contributed by atoms with van der Waals surface area (Å²) in [5, 5.41) is 9.32. The summed E-state index contributed by atoms with van der Waals surface area (Å²) in [4.78, 5) is 0. The van der Waals surface area contributed by atoms with Gasteiger partial charge in [0, 0.05) is 6.04 Å². The van der Waals surface area contributed by atoms with Gasteiger partial charge >= 0.3 is 0 Å². The Balaban J connectivity index is 3.31. The first-order valence-electron chi connectivity index (χ1n) is 4.16. The van der Waals surface area contributed by atoms with Gasteiger partial charge in [-0.2, -0.15) is 0 Å². The Kier molecular flexibility index (Phi) is 5.64. The van der Waals surface area contributed by atoms with Crippen LogP contribution >= 0.6 is 0 Å². The van der Waals surface area contributed by atoms with Gasteiger partial charge in [0.25, 0.3) is 0 Å². The number of rotatable bonds is 5. The van der Waals surface area contributed by atoms with Crippen LogP contribution in [0.4, 0.5) is 0 Å². The van der Waals surface area contributed by atoms with E-state index in [9.17, 15) is 5.11 Å². The van der Waals surface area contributed by atoms with Gasteiger partial charge in [0.05, 0.1) is 6.10 Å². The molecule has 0 heterocycles. The zero-order chi connectivity index (χ0) is 7.98. The quantitative estimate of drug-likeness (QED) is 0.612. The van der Waals surface area contributed by atoms with E-state index in [1.165, 1.54) is 0 Å². The lowest BCUT2D eigenvalue weighted by atomic mass is 10.0. The fourth-order valence-electron chi connectivity index (χ4n) is 0.899. The monoisotopic (exact) mass is 145 g/mol. The van der Waals surface area contributed by atoms with Crippen LogP contribution in [0.25, 0.3) is 0 Å². The molecule has 0 aromatic heterocycles. The van der Waals surface area contributed by atoms with Crippen LogP contribution in [-0.2, 0) is 0 Å². The Labute approximate surface area is 63.4 Å². The Hall–Kier alpha value is -0.0800. The summed E-state index contributed by atoms with van der Waals surface area (Å²) in [6.07, 6.45) is 3.64. The molecule has 0 bridgehead atoms. The summed E-state index contributed by atoms with van der Waals surface area (Å²) in [5.41, 5.74) is 5.61. The first-order chi connectivity index (χ1) is 4.72. The molecule has 0 saturated heterocycles. The maximum Gasteiger partial charge on any atom is 0.0691 e. The average Bonchev–Trinajstić information content (AvgIpc) is 1.98. The summed E-state index contributed by atoms with van der Waals surface area (Å²) < 4.78 is 0. The molecule has 0 amide bonds. The van der Waals surface area contributed by atoms with Crippen molar-refractivity contribution in [3.8, 4) is 0 Å². The van der Waals surface area contributed by atoms with Gasteiger partial charge in [0.2, 0.25) is 0 Å². The van der Waals surface area contributed by atoms with E-state index in [0.29, 0.717) is 0 Å². The van der Waals surface area contributed by atoms with Gasteiger partial charge in [-0.15, -0.1) is 0 Å². The lowest BCUT2D eigenvalue weighted by molar-refractivity contribution is 0.130. The number of aliphatic hydroxyl groups is 1. The van der Waals surface area contributed by atoms with Gasteiger partial charge in [0.1, 0.15) is 0 Å². The van der Waals surface area contributed by atoms with E-state index in [1.54, 1.807) is 0 Å². The predicted molar refractivity (Wildman–Crippen MR) is 43.8 cm³/mol. The molecule has 0 aromatic carbocycles. The second-order valence-corrected chi connectivity index (χ2v) is 2.78. The Bertz CT molecular complexity index is 75.7. The van der Waals surface area contributed by atoms with E-state index in [4.69, 9.17) is 5.73 Å². The molecule has 10 heavy (non-hydrogen) atoms. The fourth-order valence-corrected chi connectivity index (χ4v) is 0.899. The molecule has 62 valence electrons. The van der Waals surface area contributed by atoms with Gasteiger partial charge in [-0.05, 0) is 12.8 Å². The Morgan fingerprint density at radius 3 is 2.40 bits per heavy atom. The zero-order valence-corrected chi connectivity index (χ0v) is 7.01. The number of nitrogens with two attached hydrogens (primary N) is 1. The number of aliphatic hydroxyl groups excluding tert-OH is 1. The highest BCUT2D eigenvalue weighted by Gasteiger charge is 2.10. The Morgan fingerprint density at radius 1 is 1.40 bits per heavy atom. The molecular weight excluding hydrogens is 126 g/mol. The molecule has 0 unspecified atom stereocenters. The molecule has 0 aromatic rings. The molecule has 0 saturated carbocycles. The molecule has 0 aliphatic carbocycles. The van der Waals surface area contributed by atoms with E-state index >= 15 is 0 Å². The van der Waals surface area contributed by atoms with Crippen molar-refractivity contribution in [1.82, 2.24) is 0 Å². The highest BCUT2D eigenvalue weighted by atomic mass is 16.3. The van der Waals surface area contributed by atoms with Crippen molar-refractivity contribution in [3.63, 3.8) is 0 Å². The molecule has 0 radical (unpaired) electrons. The van der Waals surface area contributed by atoms with Crippen molar-refractivity contribution in [2.24, 2.45) is 5.73 Å². The van der Waals surface area contributed by atoms with Crippen LogP contribution in [0.15, 0.2) is 0 Å². The van der Waals surface area contributed by atoms with Crippen LogP contribution in [0.1, 0.15) is 39.5 Å². The second-order valence-electron chi connectivity index (χ2n) is 2.78. The van der Waals surface area contributed by atoms with Gasteiger partial charge in [0.15, 0.2) is 0 Å². The van der Waals surface area contributed by atoms with Crippen LogP contribution < -0.4 is 5.73 Å². The molecule has 2 atom stereocenters. The van der Waals surface area contributed by atoms with E-state index < -0.39 is 0 Å². The highest BCUT2D eigenvalue weighted by molar-refractivity contribution is 4.69. The average molecular weight is 145 g/mol. The van der Waals surface area contributed by atoms with Crippen molar-refractivity contribution in [2.75, 3.05) is 0 Å². The molecule has 0 rings (SSSR count). The number of unbranched alkanes of at least 4 members (excludes halogenated alkanes) is 1. The van der Waals surface area contributed by atoms with E-state index in [-0.39, 0.29) is 12.1 Å². The number of hydrogen-bond acceptors (Lipinski definition) is 2. The van der Waals surface area contributed by atoms with Crippen LogP contribution in [0.2, 0.25) is 0 Å². The van der Waals surface area contributed by atoms with Crippen molar-refractivity contribution in [1.29, 1.82) is 0 Å². The number of hydrogen-bond donors (Lipinski definition) is 2. The van der Waals surface area contributed by atoms with Crippen LogP contribution in [0.3, 0.4) is 0 Å². The van der Waals surface area contributed by atoms with E-state index in [1.807, 2.05) is 6.92 Å². The van der Waals surface area contributed by atoms with Crippen LogP contribution in [-0.4, -0.2) is 17.3 Å². The van der Waals surface area contributed by atoms with Gasteiger partial charge < -0.3 is 10.8 Å². The third kappa shape index (κ3) is 3.85. The lowest BCUT2D eigenvalue weighted by Gasteiger charge is -2.15. The van der Waals surface area contributed by atoms with Crippen molar-refractivity contribution in [3.05, 3.63) is 0 Å². The summed E-state index contributed by atoms with van der Waals surface area (Å²) in [6, 6.07) is -0.0217. The molecule has 0 fully saturated rings. The van der Waals surface area contributed by atoms with Crippen molar-refractivity contribution in [2.45, 2.75) is 51.7 Å². The molecular formula is C8H19NO. The standard InChI is InChI=1S/C8H19NO/c1-3-5-6-8(10)7(9)4-2/h7-8,10H,3-6,9H2,1-2H3/t7-,8-/m1/s1. The molecule has 0 aliphatic heterocycles. The van der Waals surface area contributed by atoms with Gasteiger partial charge in [-0.3, -0.25) is 0 Å². The van der Waals surface area contributed by atoms with Crippen LogP contribution in [0, 0.1) is 0 Å². The Morgan fingerprint density at radius 2 is 2.00 bits per heavy atom. The van der Waals surface area contributed by atoms with Gasteiger partial charge in [-0.1, -0.05) is 26.7 Å². The molecule has 0 spiro atoms. The minimum atomic E-state index is -0.287. The summed E-state index contributed by atoms with van der Waals surface area (Å²) >= 11 is 0. The lowest BCUT2D eigenvalue weighted by Crippen LogP contribution is -2.33. The van der Waals surface area contributed by atoms with E-state index in [0.717, 1.165) is 25.7 Å². The van der Waals surface area contributed by atoms with E-state index in [2.05, 4.69) is 6.92 Å². The smallest absolute Gasteiger partial charge is 0.0691 e. The molecule has 0 aliphatic rings. The minimum absolute atomic E-state index is 0.0217. The maximum atomic E-state index is 9.32. The molecule has 3 N–H and O–H groups in total. The third-order valence-electron chi connectivity index (χ3n) is 1.82. The summed E-state index contributed by atoms with van der Waals surface area (Å²) in [6.45, 7) is 4.12. The largest absolute Gasteiger partial charge is 0.392 e. The summed E-state index contributed by atoms with van der Waals surface area (Å²) in [7, 11) is 0. The highest BCUT2D eigenvalue weighted by Crippen LogP contribution is 2.04. The minimum Gasteiger partial charge on any atom is -0.392 e. The fraction of sp³-hybridized carbons (Fsp3) is 1.00. The molecule has 2 nitrogen and oxygen atoms in total. The SMILES string of the molecule is CCCC[C@@H](O)[C@H](N)CC. The normalized spacial score (nSPS) is 16.8. The first-order valence-corrected chi connectivity index (χ1v) is 4.16. The third-order valence-corrected chi connectivity index (χ3v) is 1.82. The van der Waals surface area contributed by atoms with Crippen molar-refractivity contribution < 1.29 is 5.11 Å². The zero-order valence-electron chi connectivity index (χ0n) is 7.01. The molecule has 2 heteroatoms. The van der Waals surface area contributed by atoms with Gasteiger partial charge in [-0.25, -0.2) is 0 Å².